The number of hydrogen-bond donors (Lipinski definition) is 1. The average Bonchev–Trinajstić information content (AvgIpc) is 2.96. The minimum Gasteiger partial charge on any atom is -0.496 e. The molecular formula is C15H19BrN2OS. The second-order valence-electron chi connectivity index (χ2n) is 4.53. The van der Waals surface area contributed by atoms with Crippen LogP contribution in [0, 0.1) is 0 Å². The molecule has 0 radical (unpaired) electrons. The zero-order valence-electron chi connectivity index (χ0n) is 11.7. The number of methoxy groups -OCH3 is 1. The fourth-order valence-electron chi connectivity index (χ4n) is 2.05. The summed E-state index contributed by atoms with van der Waals surface area (Å²) < 4.78 is 6.28. The summed E-state index contributed by atoms with van der Waals surface area (Å²) in [5.74, 6) is 0.859. The van der Waals surface area contributed by atoms with E-state index in [1.807, 2.05) is 17.6 Å². The molecule has 1 aromatic carbocycles. The molecule has 0 saturated carbocycles. The van der Waals surface area contributed by atoms with Crippen molar-refractivity contribution >= 4 is 27.3 Å². The van der Waals surface area contributed by atoms with Crippen molar-refractivity contribution < 1.29 is 4.74 Å². The topological polar surface area (TPSA) is 34.2 Å². The van der Waals surface area contributed by atoms with Gasteiger partial charge in [0, 0.05) is 24.0 Å². The van der Waals surface area contributed by atoms with Gasteiger partial charge in [0.25, 0.3) is 0 Å². The van der Waals surface area contributed by atoms with Crippen LogP contribution in [-0.2, 0) is 6.42 Å². The molecule has 1 N–H and O–H groups in total. The van der Waals surface area contributed by atoms with Gasteiger partial charge in [-0.3, -0.25) is 0 Å². The third kappa shape index (κ3) is 4.04. The number of ether oxygens (including phenoxy) is 1. The van der Waals surface area contributed by atoms with Crippen LogP contribution in [0.4, 0.5) is 0 Å². The van der Waals surface area contributed by atoms with Gasteiger partial charge in [0.15, 0.2) is 0 Å². The van der Waals surface area contributed by atoms with Crippen LogP contribution in [-0.4, -0.2) is 18.6 Å². The van der Waals surface area contributed by atoms with Crippen molar-refractivity contribution in [3.63, 3.8) is 0 Å². The predicted octanol–water partition coefficient (Wildman–Crippen LogP) is 4.20. The Balaban J connectivity index is 2.18. The minimum absolute atomic E-state index is 0.281. The Morgan fingerprint density at radius 2 is 2.30 bits per heavy atom. The fraction of sp³-hybridized carbons (Fsp3) is 0.400. The molecule has 3 nitrogen and oxygen atoms in total. The molecule has 5 heteroatoms. The predicted molar refractivity (Wildman–Crippen MR) is 87.5 cm³/mol. The maximum atomic E-state index is 5.29. The van der Waals surface area contributed by atoms with E-state index in [0.717, 1.165) is 34.6 Å². The fourth-order valence-corrected chi connectivity index (χ4v) is 3.28. The lowest BCUT2D eigenvalue weighted by Crippen LogP contribution is -2.24. The van der Waals surface area contributed by atoms with Crippen molar-refractivity contribution in [2.75, 3.05) is 13.7 Å². The van der Waals surface area contributed by atoms with Gasteiger partial charge < -0.3 is 10.1 Å². The van der Waals surface area contributed by atoms with Gasteiger partial charge in [-0.15, -0.1) is 11.3 Å². The molecule has 0 spiro atoms. The zero-order valence-corrected chi connectivity index (χ0v) is 14.1. The van der Waals surface area contributed by atoms with Crippen molar-refractivity contribution in [2.24, 2.45) is 0 Å². The van der Waals surface area contributed by atoms with Gasteiger partial charge in [-0.1, -0.05) is 13.0 Å². The Morgan fingerprint density at radius 1 is 1.45 bits per heavy atom. The van der Waals surface area contributed by atoms with Crippen LogP contribution in [0.15, 0.2) is 34.2 Å². The first-order valence-corrected chi connectivity index (χ1v) is 8.37. The van der Waals surface area contributed by atoms with Crippen LogP contribution in [0.1, 0.15) is 30.0 Å². The van der Waals surface area contributed by atoms with Gasteiger partial charge >= 0.3 is 0 Å². The van der Waals surface area contributed by atoms with E-state index in [1.54, 1.807) is 18.4 Å². The van der Waals surface area contributed by atoms with Crippen LogP contribution in [0.25, 0.3) is 0 Å². The third-order valence-electron chi connectivity index (χ3n) is 3.08. The highest BCUT2D eigenvalue weighted by Crippen LogP contribution is 2.29. The SMILES string of the molecule is CCCNC(Cc1nccs1)c1ccc(OC)c(Br)c1. The molecule has 0 bridgehead atoms. The summed E-state index contributed by atoms with van der Waals surface area (Å²) in [5.41, 5.74) is 1.25. The lowest BCUT2D eigenvalue weighted by Gasteiger charge is -2.19. The van der Waals surface area contributed by atoms with Crippen LogP contribution in [0.5, 0.6) is 5.75 Å². The Bertz CT molecular complexity index is 531. The smallest absolute Gasteiger partial charge is 0.133 e. The molecule has 0 amide bonds. The first kappa shape index (κ1) is 15.5. The third-order valence-corrected chi connectivity index (χ3v) is 4.50. The number of nitrogens with one attached hydrogen (secondary N) is 1. The van der Waals surface area contributed by atoms with Crippen molar-refractivity contribution in [1.82, 2.24) is 10.3 Å². The summed E-state index contributed by atoms with van der Waals surface area (Å²) in [4.78, 5) is 4.39. The van der Waals surface area contributed by atoms with Gasteiger partial charge in [-0.25, -0.2) is 4.98 Å². The number of nitrogens with zero attached hydrogens (tertiary/aromatic N) is 1. The van der Waals surface area contributed by atoms with Gasteiger partial charge in [0.05, 0.1) is 16.6 Å². The van der Waals surface area contributed by atoms with Gasteiger partial charge in [-0.2, -0.15) is 0 Å². The lowest BCUT2D eigenvalue weighted by molar-refractivity contribution is 0.411. The monoisotopic (exact) mass is 354 g/mol. The van der Waals surface area contributed by atoms with Crippen LogP contribution in [0.3, 0.4) is 0 Å². The van der Waals surface area contributed by atoms with Gasteiger partial charge in [0.1, 0.15) is 5.75 Å². The van der Waals surface area contributed by atoms with E-state index in [2.05, 4.69) is 45.3 Å². The van der Waals surface area contributed by atoms with E-state index in [4.69, 9.17) is 4.74 Å². The van der Waals surface area contributed by atoms with E-state index in [-0.39, 0.29) is 6.04 Å². The minimum atomic E-state index is 0.281. The second-order valence-corrected chi connectivity index (χ2v) is 6.36. The van der Waals surface area contributed by atoms with E-state index in [9.17, 15) is 0 Å². The standard InChI is InChI=1S/C15H19BrN2OS/c1-3-6-17-13(10-15-18-7-8-20-15)11-4-5-14(19-2)12(16)9-11/h4-5,7-9,13,17H,3,6,10H2,1-2H3. The Labute approximate surface area is 132 Å². The molecule has 2 aromatic rings. The molecule has 0 aliphatic rings. The summed E-state index contributed by atoms with van der Waals surface area (Å²) in [5, 5.41) is 6.78. The maximum Gasteiger partial charge on any atom is 0.133 e. The molecule has 108 valence electrons. The molecule has 2 rings (SSSR count). The van der Waals surface area contributed by atoms with Gasteiger partial charge in [-0.05, 0) is 46.6 Å². The number of aromatic nitrogens is 1. The largest absolute Gasteiger partial charge is 0.496 e. The zero-order chi connectivity index (χ0) is 14.4. The van der Waals surface area contributed by atoms with Crippen molar-refractivity contribution in [1.29, 1.82) is 0 Å². The van der Waals surface area contributed by atoms with Crippen molar-refractivity contribution in [2.45, 2.75) is 25.8 Å². The molecule has 1 atom stereocenters. The van der Waals surface area contributed by atoms with Crippen LogP contribution >= 0.6 is 27.3 Å². The molecule has 0 aliphatic heterocycles. The second kappa shape index (κ2) is 7.76. The highest BCUT2D eigenvalue weighted by Gasteiger charge is 2.14. The summed E-state index contributed by atoms with van der Waals surface area (Å²) in [6.45, 7) is 3.18. The average molecular weight is 355 g/mol. The van der Waals surface area contributed by atoms with E-state index in [0.29, 0.717) is 0 Å². The van der Waals surface area contributed by atoms with E-state index < -0.39 is 0 Å². The van der Waals surface area contributed by atoms with Crippen LogP contribution in [0.2, 0.25) is 0 Å². The van der Waals surface area contributed by atoms with Crippen molar-refractivity contribution in [3.05, 3.63) is 44.8 Å². The summed E-state index contributed by atoms with van der Waals surface area (Å²) >= 11 is 5.26. The Morgan fingerprint density at radius 3 is 2.90 bits per heavy atom. The van der Waals surface area contributed by atoms with E-state index in [1.165, 1.54) is 5.56 Å². The summed E-state index contributed by atoms with van der Waals surface area (Å²) in [6.07, 6.45) is 3.89. The maximum absolute atomic E-state index is 5.29. The van der Waals surface area contributed by atoms with Gasteiger partial charge in [0.2, 0.25) is 0 Å². The summed E-state index contributed by atoms with van der Waals surface area (Å²) in [6, 6.07) is 6.52. The molecule has 1 aromatic heterocycles. The normalized spacial score (nSPS) is 12.3. The molecule has 1 heterocycles. The molecular weight excluding hydrogens is 336 g/mol. The lowest BCUT2D eigenvalue weighted by atomic mass is 10.0. The Hall–Kier alpha value is -0.910. The first-order chi connectivity index (χ1) is 9.74. The molecule has 0 fully saturated rings. The van der Waals surface area contributed by atoms with Crippen LogP contribution < -0.4 is 10.1 Å². The van der Waals surface area contributed by atoms with E-state index >= 15 is 0 Å². The van der Waals surface area contributed by atoms with Crippen molar-refractivity contribution in [3.8, 4) is 5.75 Å². The number of rotatable bonds is 7. The molecule has 1 unspecified atom stereocenters. The summed E-state index contributed by atoms with van der Waals surface area (Å²) in [7, 11) is 1.68. The highest BCUT2D eigenvalue weighted by atomic mass is 79.9. The molecule has 0 aliphatic carbocycles. The number of halogens is 1. The molecule has 20 heavy (non-hydrogen) atoms. The quantitative estimate of drug-likeness (QED) is 0.808. The highest BCUT2D eigenvalue weighted by molar-refractivity contribution is 9.10. The Kier molecular flexibility index (Phi) is 6.01. The number of thiazole rings is 1. The number of hydrogen-bond acceptors (Lipinski definition) is 4. The first-order valence-electron chi connectivity index (χ1n) is 6.69. The number of benzene rings is 1. The molecule has 0 saturated heterocycles.